The van der Waals surface area contributed by atoms with E-state index in [0.29, 0.717) is 0 Å². The lowest BCUT2D eigenvalue weighted by molar-refractivity contribution is -0.148. The van der Waals surface area contributed by atoms with Crippen molar-refractivity contribution in [2.45, 2.75) is 45.7 Å². The molecule has 98 valence electrons. The quantitative estimate of drug-likeness (QED) is 0.892. The summed E-state index contributed by atoms with van der Waals surface area (Å²) >= 11 is 0. The molecule has 1 unspecified atom stereocenters. The van der Waals surface area contributed by atoms with E-state index in [1.165, 1.54) is 16.7 Å². The van der Waals surface area contributed by atoms with Crippen molar-refractivity contribution in [3.63, 3.8) is 0 Å². The van der Waals surface area contributed by atoms with Crippen molar-refractivity contribution < 1.29 is 9.90 Å². The molecule has 1 aliphatic heterocycles. The zero-order valence-electron chi connectivity index (χ0n) is 11.4. The van der Waals surface area contributed by atoms with Gasteiger partial charge < -0.3 is 5.11 Å². The molecule has 2 rings (SSSR count). The number of carbonyl (C=O) groups is 1. The van der Waals surface area contributed by atoms with Gasteiger partial charge in [-0.1, -0.05) is 18.2 Å². The van der Waals surface area contributed by atoms with Crippen LogP contribution in [0.1, 0.15) is 36.5 Å². The summed E-state index contributed by atoms with van der Waals surface area (Å²) in [5.41, 5.74) is 3.06. The minimum Gasteiger partial charge on any atom is -0.480 e. The molecule has 1 fully saturated rings. The number of hydrogen-bond acceptors (Lipinski definition) is 2. The lowest BCUT2D eigenvalue weighted by atomic mass is 9.97. The normalized spacial score (nSPS) is 24.4. The largest absolute Gasteiger partial charge is 0.480 e. The molecule has 1 N–H and O–H groups in total. The summed E-state index contributed by atoms with van der Waals surface area (Å²) in [5.74, 6) is -0.703. The molecule has 1 aromatic rings. The molecular formula is C15H21NO2. The molecular weight excluding hydrogens is 226 g/mol. The van der Waals surface area contributed by atoms with Gasteiger partial charge in [-0.25, -0.2) is 0 Å². The Balaban J connectivity index is 2.26. The number of likely N-dealkylation sites (tertiary alicyclic amines) is 1. The van der Waals surface area contributed by atoms with Crippen molar-refractivity contribution in [2.24, 2.45) is 0 Å². The lowest BCUT2D eigenvalue weighted by Gasteiger charge is -2.32. The van der Waals surface area contributed by atoms with Gasteiger partial charge in [0.1, 0.15) is 5.54 Å². The summed E-state index contributed by atoms with van der Waals surface area (Å²) in [6, 6.07) is 6.24. The maximum atomic E-state index is 11.5. The Morgan fingerprint density at radius 3 is 2.56 bits per heavy atom. The average molecular weight is 247 g/mol. The summed E-state index contributed by atoms with van der Waals surface area (Å²) in [5, 5.41) is 9.42. The van der Waals surface area contributed by atoms with Crippen LogP contribution in [-0.2, 0) is 11.3 Å². The molecule has 3 heteroatoms. The fourth-order valence-electron chi connectivity index (χ4n) is 2.80. The highest BCUT2D eigenvalue weighted by atomic mass is 16.4. The van der Waals surface area contributed by atoms with Gasteiger partial charge >= 0.3 is 5.97 Å². The summed E-state index contributed by atoms with van der Waals surface area (Å²) in [6.07, 6.45) is 1.71. The van der Waals surface area contributed by atoms with E-state index in [1.54, 1.807) is 0 Å². The third-order valence-electron chi connectivity index (χ3n) is 4.24. The van der Waals surface area contributed by atoms with Gasteiger partial charge in [0, 0.05) is 6.54 Å². The first-order valence-corrected chi connectivity index (χ1v) is 6.48. The minimum absolute atomic E-state index is 0.700. The zero-order chi connectivity index (χ0) is 13.3. The van der Waals surface area contributed by atoms with E-state index in [4.69, 9.17) is 0 Å². The van der Waals surface area contributed by atoms with Crippen LogP contribution >= 0.6 is 0 Å². The molecule has 0 spiro atoms. The van der Waals surface area contributed by atoms with Crippen LogP contribution in [0.3, 0.4) is 0 Å². The third-order valence-corrected chi connectivity index (χ3v) is 4.24. The lowest BCUT2D eigenvalue weighted by Crippen LogP contribution is -2.47. The topological polar surface area (TPSA) is 40.5 Å². The van der Waals surface area contributed by atoms with Gasteiger partial charge in [0.2, 0.25) is 0 Å². The van der Waals surface area contributed by atoms with Crippen molar-refractivity contribution in [3.8, 4) is 0 Å². The number of hydrogen-bond donors (Lipinski definition) is 1. The van der Waals surface area contributed by atoms with Crippen molar-refractivity contribution in [1.29, 1.82) is 0 Å². The SMILES string of the molecule is Cc1cccc(C)c1CN1CCCC1(C)C(=O)O. The third kappa shape index (κ3) is 2.15. The Morgan fingerprint density at radius 2 is 2.00 bits per heavy atom. The van der Waals surface area contributed by atoms with E-state index in [1.807, 2.05) is 6.92 Å². The summed E-state index contributed by atoms with van der Waals surface area (Å²) in [6.45, 7) is 7.64. The van der Waals surface area contributed by atoms with Crippen molar-refractivity contribution in [1.82, 2.24) is 4.90 Å². The molecule has 1 saturated heterocycles. The monoisotopic (exact) mass is 247 g/mol. The van der Waals surface area contributed by atoms with Crippen molar-refractivity contribution in [2.75, 3.05) is 6.54 Å². The minimum atomic E-state index is -0.703. The van der Waals surface area contributed by atoms with Crippen molar-refractivity contribution >= 4 is 5.97 Å². The number of aliphatic carboxylic acids is 1. The van der Waals surface area contributed by atoms with Gasteiger partial charge in [-0.15, -0.1) is 0 Å². The molecule has 0 bridgehead atoms. The average Bonchev–Trinajstić information content (AvgIpc) is 2.67. The number of benzene rings is 1. The molecule has 0 aliphatic carbocycles. The van der Waals surface area contributed by atoms with Crippen LogP contribution in [0.5, 0.6) is 0 Å². The van der Waals surface area contributed by atoms with E-state index in [-0.39, 0.29) is 0 Å². The number of rotatable bonds is 3. The zero-order valence-corrected chi connectivity index (χ0v) is 11.4. The molecule has 18 heavy (non-hydrogen) atoms. The van der Waals surface area contributed by atoms with Crippen LogP contribution in [0.15, 0.2) is 18.2 Å². The van der Waals surface area contributed by atoms with Crippen molar-refractivity contribution in [3.05, 3.63) is 34.9 Å². The Kier molecular flexibility index (Phi) is 3.44. The van der Waals surface area contributed by atoms with Crippen LogP contribution in [0.2, 0.25) is 0 Å². The van der Waals surface area contributed by atoms with Crippen LogP contribution in [-0.4, -0.2) is 28.1 Å². The molecule has 1 aliphatic rings. The summed E-state index contributed by atoms with van der Waals surface area (Å²) in [4.78, 5) is 13.6. The maximum Gasteiger partial charge on any atom is 0.323 e. The van der Waals surface area contributed by atoms with Gasteiger partial charge in [0.25, 0.3) is 0 Å². The van der Waals surface area contributed by atoms with E-state index < -0.39 is 11.5 Å². The molecule has 0 aromatic heterocycles. The molecule has 1 atom stereocenters. The Bertz CT molecular complexity index is 449. The van der Waals surface area contributed by atoms with Crippen LogP contribution in [0.25, 0.3) is 0 Å². The van der Waals surface area contributed by atoms with Gasteiger partial charge in [0.15, 0.2) is 0 Å². The van der Waals surface area contributed by atoms with Crippen LogP contribution < -0.4 is 0 Å². The smallest absolute Gasteiger partial charge is 0.323 e. The first-order valence-electron chi connectivity index (χ1n) is 6.48. The first kappa shape index (κ1) is 13.1. The van der Waals surface area contributed by atoms with E-state index in [9.17, 15) is 9.90 Å². The van der Waals surface area contributed by atoms with Gasteiger partial charge in [-0.2, -0.15) is 0 Å². The standard InChI is InChI=1S/C15H21NO2/c1-11-6-4-7-12(2)13(11)10-16-9-5-8-15(16,3)14(17)18/h4,6-7H,5,8-10H2,1-3H3,(H,17,18). The highest BCUT2D eigenvalue weighted by Crippen LogP contribution is 2.31. The van der Waals surface area contributed by atoms with Gasteiger partial charge in [-0.3, -0.25) is 9.69 Å². The summed E-state index contributed by atoms with van der Waals surface area (Å²) in [7, 11) is 0. The molecule has 0 saturated carbocycles. The Morgan fingerprint density at radius 1 is 1.39 bits per heavy atom. The highest BCUT2D eigenvalue weighted by Gasteiger charge is 2.43. The van der Waals surface area contributed by atoms with Gasteiger partial charge in [-0.05, 0) is 56.8 Å². The highest BCUT2D eigenvalue weighted by molar-refractivity contribution is 5.78. The number of carboxylic acids is 1. The molecule has 1 aromatic carbocycles. The van der Waals surface area contributed by atoms with E-state index in [0.717, 1.165) is 25.9 Å². The fourth-order valence-corrected chi connectivity index (χ4v) is 2.80. The molecule has 0 amide bonds. The number of aryl methyl sites for hydroxylation is 2. The maximum absolute atomic E-state index is 11.5. The summed E-state index contributed by atoms with van der Waals surface area (Å²) < 4.78 is 0. The second-order valence-corrected chi connectivity index (χ2v) is 5.47. The predicted octanol–water partition coefficient (Wildman–Crippen LogP) is 2.74. The van der Waals surface area contributed by atoms with E-state index in [2.05, 4.69) is 36.9 Å². The second-order valence-electron chi connectivity index (χ2n) is 5.47. The Labute approximate surface area is 108 Å². The fraction of sp³-hybridized carbons (Fsp3) is 0.533. The first-order chi connectivity index (χ1) is 8.45. The molecule has 0 radical (unpaired) electrons. The number of nitrogens with zero attached hydrogens (tertiary/aromatic N) is 1. The van der Waals surface area contributed by atoms with E-state index >= 15 is 0 Å². The van der Waals surface area contributed by atoms with Gasteiger partial charge in [0.05, 0.1) is 0 Å². The van der Waals surface area contributed by atoms with Crippen LogP contribution in [0.4, 0.5) is 0 Å². The molecule has 1 heterocycles. The number of carboxylic acid groups (broad SMARTS) is 1. The molecule has 3 nitrogen and oxygen atoms in total. The van der Waals surface area contributed by atoms with Crippen LogP contribution in [0, 0.1) is 13.8 Å². The Hall–Kier alpha value is -1.35. The second kappa shape index (κ2) is 4.73. The predicted molar refractivity (Wildman–Crippen MR) is 71.6 cm³/mol.